The van der Waals surface area contributed by atoms with Crippen LogP contribution in [-0.2, 0) is 9.53 Å². The molecule has 0 aliphatic carbocycles. The Kier molecular flexibility index (Phi) is 3.83. The first-order valence-corrected chi connectivity index (χ1v) is 4.65. The molecule has 4 nitrogen and oxygen atoms in total. The van der Waals surface area contributed by atoms with E-state index in [0.29, 0.717) is 16.7 Å². The number of benzene rings is 1. The lowest BCUT2D eigenvalue weighted by Crippen LogP contribution is -2.04. The zero-order valence-electron chi connectivity index (χ0n) is 9.06. The monoisotopic (exact) mass is 220 g/mol. The average molecular weight is 220 g/mol. The van der Waals surface area contributed by atoms with Gasteiger partial charge in [-0.15, -0.1) is 0 Å². The van der Waals surface area contributed by atoms with Gasteiger partial charge in [-0.3, -0.25) is 0 Å². The van der Waals surface area contributed by atoms with Crippen LogP contribution in [0.3, 0.4) is 0 Å². The second kappa shape index (κ2) is 5.11. The van der Waals surface area contributed by atoms with Gasteiger partial charge in [-0.05, 0) is 30.2 Å². The maximum absolute atomic E-state index is 11.4. The first-order chi connectivity index (χ1) is 7.56. The number of hydrogen-bond acceptors (Lipinski definition) is 3. The minimum absolute atomic E-state index is 0.428. The molecule has 1 rings (SSSR count). The zero-order valence-corrected chi connectivity index (χ0v) is 9.06. The van der Waals surface area contributed by atoms with E-state index in [9.17, 15) is 9.59 Å². The SMILES string of the molecule is COC(=O)c1cccc(C=CC(=O)O)c1C. The second-order valence-electron chi connectivity index (χ2n) is 3.18. The highest BCUT2D eigenvalue weighted by molar-refractivity contribution is 5.93. The third-order valence-corrected chi connectivity index (χ3v) is 2.19. The number of carbonyl (C=O) groups is 2. The second-order valence-corrected chi connectivity index (χ2v) is 3.18. The Balaban J connectivity index is 3.13. The number of ether oxygens (including phenoxy) is 1. The molecule has 0 saturated carbocycles. The van der Waals surface area contributed by atoms with E-state index in [2.05, 4.69) is 4.74 Å². The smallest absolute Gasteiger partial charge is 0.338 e. The number of hydrogen-bond donors (Lipinski definition) is 1. The van der Waals surface area contributed by atoms with Crippen LogP contribution in [0, 0.1) is 6.92 Å². The van der Waals surface area contributed by atoms with E-state index in [1.807, 2.05) is 0 Å². The highest BCUT2D eigenvalue weighted by atomic mass is 16.5. The van der Waals surface area contributed by atoms with Gasteiger partial charge >= 0.3 is 11.9 Å². The Labute approximate surface area is 93.2 Å². The van der Waals surface area contributed by atoms with E-state index in [1.165, 1.54) is 13.2 Å². The van der Waals surface area contributed by atoms with Crippen LogP contribution in [0.25, 0.3) is 6.08 Å². The number of rotatable bonds is 3. The zero-order chi connectivity index (χ0) is 12.1. The van der Waals surface area contributed by atoms with E-state index in [4.69, 9.17) is 5.11 Å². The summed E-state index contributed by atoms with van der Waals surface area (Å²) in [5, 5.41) is 8.51. The normalized spacial score (nSPS) is 10.4. The molecule has 0 aromatic heterocycles. The van der Waals surface area contributed by atoms with Crippen LogP contribution in [0.2, 0.25) is 0 Å². The summed E-state index contributed by atoms with van der Waals surface area (Å²) in [6.45, 7) is 1.74. The first kappa shape index (κ1) is 12.0. The molecular weight excluding hydrogens is 208 g/mol. The minimum Gasteiger partial charge on any atom is -0.478 e. The maximum Gasteiger partial charge on any atom is 0.338 e. The number of methoxy groups -OCH3 is 1. The molecule has 0 unspecified atom stereocenters. The number of carboxylic acids is 1. The lowest BCUT2D eigenvalue weighted by molar-refractivity contribution is -0.131. The Morgan fingerprint density at radius 2 is 2.06 bits per heavy atom. The van der Waals surface area contributed by atoms with Crippen molar-refractivity contribution in [1.29, 1.82) is 0 Å². The molecule has 84 valence electrons. The van der Waals surface area contributed by atoms with Gasteiger partial charge in [-0.25, -0.2) is 9.59 Å². The lowest BCUT2D eigenvalue weighted by Gasteiger charge is -2.06. The van der Waals surface area contributed by atoms with Crippen molar-refractivity contribution < 1.29 is 19.4 Å². The standard InChI is InChI=1S/C12H12O4/c1-8-9(6-7-11(13)14)4-3-5-10(8)12(15)16-2/h3-7H,1-2H3,(H,13,14). The van der Waals surface area contributed by atoms with Gasteiger partial charge in [0.2, 0.25) is 0 Å². The summed E-state index contributed by atoms with van der Waals surface area (Å²) in [5.74, 6) is -1.45. The molecule has 0 saturated heterocycles. The molecule has 0 atom stereocenters. The van der Waals surface area contributed by atoms with Crippen LogP contribution >= 0.6 is 0 Å². The summed E-state index contributed by atoms with van der Waals surface area (Å²) >= 11 is 0. The van der Waals surface area contributed by atoms with Gasteiger partial charge in [-0.1, -0.05) is 12.1 Å². The molecule has 0 aliphatic rings. The molecule has 16 heavy (non-hydrogen) atoms. The third kappa shape index (κ3) is 2.70. The average Bonchev–Trinajstić information content (AvgIpc) is 2.26. The summed E-state index contributed by atoms with van der Waals surface area (Å²) in [6, 6.07) is 5.06. The molecule has 0 amide bonds. The van der Waals surface area contributed by atoms with E-state index >= 15 is 0 Å². The summed E-state index contributed by atoms with van der Waals surface area (Å²) in [4.78, 5) is 21.7. The maximum atomic E-state index is 11.4. The Morgan fingerprint density at radius 3 is 2.62 bits per heavy atom. The predicted molar refractivity (Wildman–Crippen MR) is 59.2 cm³/mol. The summed E-state index contributed by atoms with van der Waals surface area (Å²) in [7, 11) is 1.31. The summed E-state index contributed by atoms with van der Waals surface area (Å²) < 4.78 is 4.62. The molecular formula is C12H12O4. The van der Waals surface area contributed by atoms with Gasteiger partial charge in [0, 0.05) is 6.08 Å². The van der Waals surface area contributed by atoms with Crippen LogP contribution in [0.5, 0.6) is 0 Å². The quantitative estimate of drug-likeness (QED) is 0.624. The molecule has 0 aliphatic heterocycles. The van der Waals surface area contributed by atoms with Gasteiger partial charge < -0.3 is 9.84 Å². The van der Waals surface area contributed by atoms with E-state index in [-0.39, 0.29) is 0 Å². The fraction of sp³-hybridized carbons (Fsp3) is 0.167. The van der Waals surface area contributed by atoms with Crippen molar-refractivity contribution in [2.24, 2.45) is 0 Å². The van der Waals surface area contributed by atoms with Crippen molar-refractivity contribution in [1.82, 2.24) is 0 Å². The van der Waals surface area contributed by atoms with Gasteiger partial charge in [-0.2, -0.15) is 0 Å². The first-order valence-electron chi connectivity index (χ1n) is 4.65. The van der Waals surface area contributed by atoms with Crippen LogP contribution in [0.15, 0.2) is 24.3 Å². The van der Waals surface area contributed by atoms with Gasteiger partial charge in [0.1, 0.15) is 0 Å². The van der Waals surface area contributed by atoms with Crippen LogP contribution < -0.4 is 0 Å². The van der Waals surface area contributed by atoms with Gasteiger partial charge in [0.05, 0.1) is 12.7 Å². The van der Waals surface area contributed by atoms with Crippen molar-refractivity contribution in [3.05, 3.63) is 41.0 Å². The van der Waals surface area contributed by atoms with Gasteiger partial charge in [0.25, 0.3) is 0 Å². The third-order valence-electron chi connectivity index (χ3n) is 2.19. The van der Waals surface area contributed by atoms with Crippen LogP contribution in [0.4, 0.5) is 0 Å². The minimum atomic E-state index is -1.03. The van der Waals surface area contributed by atoms with Crippen LogP contribution in [0.1, 0.15) is 21.5 Å². The molecule has 0 heterocycles. The summed E-state index contributed by atoms with van der Waals surface area (Å²) in [6.07, 6.45) is 2.48. The largest absolute Gasteiger partial charge is 0.478 e. The molecule has 4 heteroatoms. The molecule has 0 bridgehead atoms. The molecule has 0 radical (unpaired) electrons. The van der Waals surface area contributed by atoms with E-state index in [0.717, 1.165) is 6.08 Å². The molecule has 1 aromatic carbocycles. The Morgan fingerprint density at radius 1 is 1.38 bits per heavy atom. The van der Waals surface area contributed by atoms with Crippen molar-refractivity contribution in [3.8, 4) is 0 Å². The Bertz CT molecular complexity index is 446. The summed E-state index contributed by atoms with van der Waals surface area (Å²) in [5.41, 5.74) is 1.83. The molecule has 0 fully saturated rings. The number of carboxylic acid groups (broad SMARTS) is 1. The number of aliphatic carboxylic acids is 1. The lowest BCUT2D eigenvalue weighted by atomic mass is 10.0. The molecule has 0 spiro atoms. The van der Waals surface area contributed by atoms with Gasteiger partial charge in [0.15, 0.2) is 0 Å². The highest BCUT2D eigenvalue weighted by Crippen LogP contribution is 2.16. The fourth-order valence-electron chi connectivity index (χ4n) is 1.33. The molecule has 1 aromatic rings. The van der Waals surface area contributed by atoms with E-state index in [1.54, 1.807) is 25.1 Å². The Hall–Kier alpha value is -2.10. The molecule has 1 N–H and O–H groups in total. The number of carbonyl (C=O) groups excluding carboxylic acids is 1. The predicted octanol–water partition coefficient (Wildman–Crippen LogP) is 1.88. The number of esters is 1. The van der Waals surface area contributed by atoms with Crippen molar-refractivity contribution in [2.75, 3.05) is 7.11 Å². The van der Waals surface area contributed by atoms with Crippen molar-refractivity contribution in [2.45, 2.75) is 6.92 Å². The fourth-order valence-corrected chi connectivity index (χ4v) is 1.33. The van der Waals surface area contributed by atoms with Crippen molar-refractivity contribution >= 4 is 18.0 Å². The van der Waals surface area contributed by atoms with Crippen molar-refractivity contribution in [3.63, 3.8) is 0 Å². The van der Waals surface area contributed by atoms with E-state index < -0.39 is 11.9 Å². The topological polar surface area (TPSA) is 63.6 Å². The van der Waals surface area contributed by atoms with Crippen LogP contribution in [-0.4, -0.2) is 24.2 Å². The highest BCUT2D eigenvalue weighted by Gasteiger charge is 2.10.